The van der Waals surface area contributed by atoms with Crippen molar-refractivity contribution in [1.29, 1.82) is 0 Å². The minimum absolute atomic E-state index is 0.756. The Morgan fingerprint density at radius 2 is 1.71 bits per heavy atom. The summed E-state index contributed by atoms with van der Waals surface area (Å²) in [5, 5.41) is 3.54. The van der Waals surface area contributed by atoms with Gasteiger partial charge in [0.25, 0.3) is 0 Å². The molecule has 0 bridgehead atoms. The van der Waals surface area contributed by atoms with Gasteiger partial charge in [0.1, 0.15) is 0 Å². The van der Waals surface area contributed by atoms with Crippen LogP contribution in [-0.4, -0.2) is 37.1 Å². The van der Waals surface area contributed by atoms with Crippen molar-refractivity contribution < 1.29 is 0 Å². The number of hydrogen-bond acceptors (Lipinski definition) is 2. The lowest BCUT2D eigenvalue weighted by atomic mass is 9.92. The summed E-state index contributed by atoms with van der Waals surface area (Å²) in [6, 6.07) is 1.52. The lowest BCUT2D eigenvalue weighted by Gasteiger charge is -2.39. The molecule has 0 spiro atoms. The van der Waals surface area contributed by atoms with Crippen LogP contribution in [0.2, 0.25) is 0 Å². The molecule has 0 radical (unpaired) electrons. The monoisotopic (exact) mass is 240 g/mol. The second-order valence-electron chi connectivity index (χ2n) is 6.58. The molecule has 0 saturated carbocycles. The van der Waals surface area contributed by atoms with E-state index in [1.807, 2.05) is 0 Å². The van der Waals surface area contributed by atoms with Gasteiger partial charge in [-0.05, 0) is 51.1 Å². The number of rotatable bonds is 6. The van der Waals surface area contributed by atoms with Gasteiger partial charge in [0.15, 0.2) is 0 Å². The molecule has 1 unspecified atom stereocenters. The summed E-state index contributed by atoms with van der Waals surface area (Å²) in [5.74, 6) is 1.61. The average molecular weight is 240 g/mol. The highest BCUT2D eigenvalue weighted by Gasteiger charge is 2.25. The standard InChI is InChI=1S/C15H32N2/c1-12(2)9-15(10-13(3)4)17(5)14-7-6-8-16-11-14/h12-16H,6-11H2,1-5H3. The Morgan fingerprint density at radius 1 is 1.12 bits per heavy atom. The first-order valence-electron chi connectivity index (χ1n) is 7.43. The minimum atomic E-state index is 0.756. The minimum Gasteiger partial charge on any atom is -0.315 e. The molecule has 1 heterocycles. The number of piperidine rings is 1. The lowest BCUT2D eigenvalue weighted by Crippen LogP contribution is -2.49. The first kappa shape index (κ1) is 15.0. The molecule has 1 rings (SSSR count). The van der Waals surface area contributed by atoms with Crippen LogP contribution in [0, 0.1) is 11.8 Å². The molecule has 1 aliphatic heterocycles. The van der Waals surface area contributed by atoms with Crippen LogP contribution >= 0.6 is 0 Å². The fourth-order valence-electron chi connectivity index (χ4n) is 3.00. The average Bonchev–Trinajstić information content (AvgIpc) is 2.27. The third-order valence-corrected chi connectivity index (χ3v) is 3.91. The molecule has 0 aliphatic carbocycles. The summed E-state index contributed by atoms with van der Waals surface area (Å²) in [7, 11) is 2.34. The summed E-state index contributed by atoms with van der Waals surface area (Å²) < 4.78 is 0. The molecular formula is C15H32N2. The highest BCUT2D eigenvalue weighted by atomic mass is 15.2. The van der Waals surface area contributed by atoms with Crippen LogP contribution in [0.5, 0.6) is 0 Å². The van der Waals surface area contributed by atoms with Gasteiger partial charge in [0, 0.05) is 18.6 Å². The van der Waals surface area contributed by atoms with Gasteiger partial charge in [0.05, 0.1) is 0 Å². The topological polar surface area (TPSA) is 15.3 Å². The molecule has 0 aromatic carbocycles. The second-order valence-corrected chi connectivity index (χ2v) is 6.58. The van der Waals surface area contributed by atoms with E-state index in [1.54, 1.807) is 0 Å². The molecular weight excluding hydrogens is 208 g/mol. The maximum atomic E-state index is 3.54. The Labute approximate surface area is 108 Å². The summed E-state index contributed by atoms with van der Waals surface area (Å²) >= 11 is 0. The second kappa shape index (κ2) is 7.38. The van der Waals surface area contributed by atoms with Gasteiger partial charge >= 0.3 is 0 Å². The number of nitrogens with zero attached hydrogens (tertiary/aromatic N) is 1. The Kier molecular flexibility index (Phi) is 6.50. The zero-order valence-electron chi connectivity index (χ0n) is 12.5. The molecule has 1 atom stereocenters. The molecule has 102 valence electrons. The van der Waals surface area contributed by atoms with Crippen molar-refractivity contribution >= 4 is 0 Å². The number of likely N-dealkylation sites (N-methyl/N-ethyl adjacent to an activating group) is 1. The highest BCUT2D eigenvalue weighted by molar-refractivity contribution is 4.82. The van der Waals surface area contributed by atoms with Crippen LogP contribution in [0.1, 0.15) is 53.4 Å². The maximum Gasteiger partial charge on any atom is 0.0221 e. The number of hydrogen-bond donors (Lipinski definition) is 1. The molecule has 0 aromatic rings. The summed E-state index contributed by atoms with van der Waals surface area (Å²) in [6.07, 6.45) is 5.39. The molecule has 0 aromatic heterocycles. The molecule has 1 fully saturated rings. The van der Waals surface area contributed by atoms with Crippen LogP contribution in [0.4, 0.5) is 0 Å². The van der Waals surface area contributed by atoms with Crippen LogP contribution in [-0.2, 0) is 0 Å². The smallest absolute Gasteiger partial charge is 0.0221 e. The van der Waals surface area contributed by atoms with Crippen molar-refractivity contribution in [3.8, 4) is 0 Å². The largest absolute Gasteiger partial charge is 0.315 e. The van der Waals surface area contributed by atoms with Crippen molar-refractivity contribution in [3.63, 3.8) is 0 Å². The van der Waals surface area contributed by atoms with E-state index in [9.17, 15) is 0 Å². The molecule has 17 heavy (non-hydrogen) atoms. The van der Waals surface area contributed by atoms with Gasteiger partial charge in [-0.15, -0.1) is 0 Å². The summed E-state index contributed by atoms with van der Waals surface area (Å²) in [6.45, 7) is 11.8. The molecule has 1 aliphatic rings. The van der Waals surface area contributed by atoms with E-state index in [0.717, 1.165) is 23.9 Å². The third-order valence-electron chi connectivity index (χ3n) is 3.91. The van der Waals surface area contributed by atoms with Gasteiger partial charge in [0.2, 0.25) is 0 Å². The van der Waals surface area contributed by atoms with Crippen LogP contribution in [0.25, 0.3) is 0 Å². The summed E-state index contributed by atoms with van der Waals surface area (Å²) in [4.78, 5) is 2.66. The SMILES string of the molecule is CC(C)CC(CC(C)C)N(C)C1CCCNC1. The quantitative estimate of drug-likeness (QED) is 0.767. The van der Waals surface area contributed by atoms with Crippen LogP contribution < -0.4 is 5.32 Å². The van der Waals surface area contributed by atoms with Gasteiger partial charge in [-0.25, -0.2) is 0 Å². The van der Waals surface area contributed by atoms with E-state index in [-0.39, 0.29) is 0 Å². The van der Waals surface area contributed by atoms with Crippen molar-refractivity contribution in [2.75, 3.05) is 20.1 Å². The molecule has 1 saturated heterocycles. The zero-order valence-corrected chi connectivity index (χ0v) is 12.5. The first-order valence-corrected chi connectivity index (χ1v) is 7.43. The van der Waals surface area contributed by atoms with E-state index in [1.165, 1.54) is 38.8 Å². The van der Waals surface area contributed by atoms with E-state index < -0.39 is 0 Å². The Morgan fingerprint density at radius 3 is 2.12 bits per heavy atom. The molecule has 0 amide bonds. The predicted molar refractivity (Wildman–Crippen MR) is 76.4 cm³/mol. The molecule has 1 N–H and O–H groups in total. The zero-order chi connectivity index (χ0) is 12.8. The van der Waals surface area contributed by atoms with Gasteiger partial charge in [-0.2, -0.15) is 0 Å². The van der Waals surface area contributed by atoms with Gasteiger partial charge < -0.3 is 5.32 Å². The fraction of sp³-hybridized carbons (Fsp3) is 1.00. The van der Waals surface area contributed by atoms with Crippen molar-refractivity contribution in [2.45, 2.75) is 65.5 Å². The van der Waals surface area contributed by atoms with Crippen molar-refractivity contribution in [2.24, 2.45) is 11.8 Å². The number of nitrogens with one attached hydrogen (secondary N) is 1. The Balaban J connectivity index is 2.53. The fourth-order valence-corrected chi connectivity index (χ4v) is 3.00. The summed E-state index contributed by atoms with van der Waals surface area (Å²) in [5.41, 5.74) is 0. The van der Waals surface area contributed by atoms with E-state index in [2.05, 4.69) is 45.0 Å². The predicted octanol–water partition coefficient (Wildman–Crippen LogP) is 3.13. The maximum absolute atomic E-state index is 3.54. The third kappa shape index (κ3) is 5.39. The van der Waals surface area contributed by atoms with E-state index >= 15 is 0 Å². The van der Waals surface area contributed by atoms with E-state index in [0.29, 0.717) is 0 Å². The van der Waals surface area contributed by atoms with Crippen LogP contribution in [0.15, 0.2) is 0 Å². The van der Waals surface area contributed by atoms with Gasteiger partial charge in [-0.1, -0.05) is 27.7 Å². The molecule has 2 nitrogen and oxygen atoms in total. The van der Waals surface area contributed by atoms with Crippen LogP contribution in [0.3, 0.4) is 0 Å². The lowest BCUT2D eigenvalue weighted by molar-refractivity contribution is 0.115. The Hall–Kier alpha value is -0.0800. The first-order chi connectivity index (χ1) is 8.00. The van der Waals surface area contributed by atoms with Gasteiger partial charge in [-0.3, -0.25) is 4.90 Å². The van der Waals surface area contributed by atoms with Crippen molar-refractivity contribution in [3.05, 3.63) is 0 Å². The van der Waals surface area contributed by atoms with Crippen molar-refractivity contribution in [1.82, 2.24) is 10.2 Å². The Bertz CT molecular complexity index is 185. The normalized spacial score (nSPS) is 22.1. The highest BCUT2D eigenvalue weighted by Crippen LogP contribution is 2.22. The van der Waals surface area contributed by atoms with E-state index in [4.69, 9.17) is 0 Å². The molecule has 2 heteroatoms.